The standard InChI is InChI=1S/C28H37Cl2N3O4/c1-26(8-9-26)17-37-25(36)32(3)28(16-31-15-20(28)19-4-5-21(29)22(30)14-19)23(34)18-6-12-33(13-7-18)24(35)27(2)10-11-27/h4-5,14,18,20,31H,6-13,15-17H2,1-3H3/t20-,28+/m0/s1. The monoisotopic (exact) mass is 549 g/mol. The summed E-state index contributed by atoms with van der Waals surface area (Å²) in [6.07, 6.45) is 4.67. The molecule has 2 aliphatic carbocycles. The minimum atomic E-state index is -1.13. The number of likely N-dealkylation sites (N-methyl/N-ethyl adjacent to an activating group) is 1. The number of hydrogen-bond acceptors (Lipinski definition) is 5. The van der Waals surface area contributed by atoms with Crippen LogP contribution in [0.3, 0.4) is 0 Å². The minimum absolute atomic E-state index is 0.0235. The molecule has 2 atom stereocenters. The molecule has 4 fully saturated rings. The first kappa shape index (κ1) is 26.8. The van der Waals surface area contributed by atoms with Crippen LogP contribution in [0.4, 0.5) is 4.79 Å². The Balaban J connectivity index is 1.40. The van der Waals surface area contributed by atoms with Gasteiger partial charge in [-0.15, -0.1) is 0 Å². The van der Waals surface area contributed by atoms with Crippen LogP contribution in [-0.4, -0.2) is 73.0 Å². The fourth-order valence-corrected chi connectivity index (χ4v) is 6.24. The highest BCUT2D eigenvalue weighted by Gasteiger charge is 2.57. The van der Waals surface area contributed by atoms with E-state index in [1.807, 2.05) is 17.9 Å². The molecule has 1 aromatic rings. The number of halogens is 2. The van der Waals surface area contributed by atoms with Gasteiger partial charge in [-0.2, -0.15) is 0 Å². The number of ether oxygens (including phenoxy) is 1. The lowest BCUT2D eigenvalue weighted by Crippen LogP contribution is -2.62. The van der Waals surface area contributed by atoms with Crippen LogP contribution in [0.25, 0.3) is 0 Å². The van der Waals surface area contributed by atoms with Crippen LogP contribution >= 0.6 is 23.2 Å². The van der Waals surface area contributed by atoms with Crippen molar-refractivity contribution in [2.75, 3.05) is 39.8 Å². The highest BCUT2D eigenvalue weighted by Crippen LogP contribution is 2.48. The van der Waals surface area contributed by atoms with Gasteiger partial charge in [-0.25, -0.2) is 4.79 Å². The summed E-state index contributed by atoms with van der Waals surface area (Å²) in [5.41, 5.74) is -0.440. The molecule has 9 heteroatoms. The van der Waals surface area contributed by atoms with Gasteiger partial charge in [0, 0.05) is 55.9 Å². The van der Waals surface area contributed by atoms with E-state index < -0.39 is 11.6 Å². The lowest BCUT2D eigenvalue weighted by Gasteiger charge is -2.44. The second-order valence-electron chi connectivity index (χ2n) is 12.2. The Kier molecular flexibility index (Phi) is 7.04. The van der Waals surface area contributed by atoms with Gasteiger partial charge < -0.3 is 15.0 Å². The molecule has 2 heterocycles. The van der Waals surface area contributed by atoms with E-state index in [4.69, 9.17) is 27.9 Å². The van der Waals surface area contributed by atoms with Gasteiger partial charge in [-0.1, -0.05) is 43.1 Å². The summed E-state index contributed by atoms with van der Waals surface area (Å²) in [7, 11) is 1.68. The van der Waals surface area contributed by atoms with E-state index in [1.54, 1.807) is 19.2 Å². The van der Waals surface area contributed by atoms with Gasteiger partial charge in [0.2, 0.25) is 5.91 Å². The maximum Gasteiger partial charge on any atom is 0.410 e. The highest BCUT2D eigenvalue weighted by molar-refractivity contribution is 6.42. The van der Waals surface area contributed by atoms with Crippen molar-refractivity contribution in [3.63, 3.8) is 0 Å². The SMILES string of the molecule is CN(C(=O)OCC1(C)CC1)[C@]1(C(=O)C2CCN(C(=O)C3(C)CC3)CC2)CNC[C@H]1c1ccc(Cl)c(Cl)c1. The number of carbonyl (C=O) groups excluding carboxylic acids is 3. The average Bonchev–Trinajstić information content (AvgIpc) is 3.78. The maximum absolute atomic E-state index is 14.5. The molecule has 2 saturated heterocycles. The number of rotatable bonds is 7. The zero-order chi connectivity index (χ0) is 26.6. The molecule has 0 radical (unpaired) electrons. The van der Waals surface area contributed by atoms with Crippen molar-refractivity contribution in [1.29, 1.82) is 0 Å². The topological polar surface area (TPSA) is 79.0 Å². The number of nitrogens with one attached hydrogen (secondary N) is 1. The summed E-state index contributed by atoms with van der Waals surface area (Å²) >= 11 is 12.6. The lowest BCUT2D eigenvalue weighted by atomic mass is 9.72. The number of benzene rings is 1. The Morgan fingerprint density at radius 3 is 2.35 bits per heavy atom. The second kappa shape index (κ2) is 9.73. The summed E-state index contributed by atoms with van der Waals surface area (Å²) in [5.74, 6) is -0.333. The van der Waals surface area contributed by atoms with Crippen LogP contribution in [0.2, 0.25) is 10.0 Å². The predicted molar refractivity (Wildman–Crippen MR) is 143 cm³/mol. The van der Waals surface area contributed by atoms with E-state index in [-0.39, 0.29) is 34.4 Å². The second-order valence-corrected chi connectivity index (χ2v) is 13.0. The molecule has 0 unspecified atom stereocenters. The molecule has 1 N–H and O–H groups in total. The normalized spacial score (nSPS) is 28.0. The third-order valence-electron chi connectivity index (χ3n) is 9.28. The van der Waals surface area contributed by atoms with E-state index >= 15 is 0 Å². The molecule has 2 aliphatic heterocycles. The molecule has 7 nitrogen and oxygen atoms in total. The molecule has 0 spiro atoms. The quantitative estimate of drug-likeness (QED) is 0.523. The zero-order valence-electron chi connectivity index (χ0n) is 21.9. The summed E-state index contributed by atoms with van der Waals surface area (Å²) in [6.45, 7) is 6.47. The summed E-state index contributed by atoms with van der Waals surface area (Å²) in [4.78, 5) is 44.1. The minimum Gasteiger partial charge on any atom is -0.449 e. The average molecular weight is 551 g/mol. The zero-order valence-corrected chi connectivity index (χ0v) is 23.5. The highest BCUT2D eigenvalue weighted by atomic mass is 35.5. The first-order valence-electron chi connectivity index (χ1n) is 13.4. The largest absolute Gasteiger partial charge is 0.449 e. The third-order valence-corrected chi connectivity index (χ3v) is 10.0. The molecule has 0 aromatic heterocycles. The van der Waals surface area contributed by atoms with Crippen LogP contribution < -0.4 is 5.32 Å². The molecule has 0 bridgehead atoms. The van der Waals surface area contributed by atoms with Crippen molar-refractivity contribution in [1.82, 2.24) is 15.1 Å². The maximum atomic E-state index is 14.5. The summed E-state index contributed by atoms with van der Waals surface area (Å²) < 4.78 is 5.73. The van der Waals surface area contributed by atoms with E-state index in [9.17, 15) is 14.4 Å². The van der Waals surface area contributed by atoms with Gasteiger partial charge in [0.1, 0.15) is 5.54 Å². The molecule has 4 aliphatic rings. The van der Waals surface area contributed by atoms with Crippen molar-refractivity contribution in [2.45, 2.75) is 63.8 Å². The Morgan fingerprint density at radius 1 is 1.08 bits per heavy atom. The number of ketones is 1. The number of Topliss-reactive ketones (excluding diaryl/α,β-unsaturated/α-hetero) is 1. The van der Waals surface area contributed by atoms with E-state index in [0.29, 0.717) is 55.7 Å². The Morgan fingerprint density at radius 2 is 1.76 bits per heavy atom. The van der Waals surface area contributed by atoms with Crippen LogP contribution in [0.15, 0.2) is 18.2 Å². The lowest BCUT2D eigenvalue weighted by molar-refractivity contribution is -0.142. The van der Waals surface area contributed by atoms with Gasteiger partial charge >= 0.3 is 6.09 Å². The van der Waals surface area contributed by atoms with Gasteiger partial charge in [-0.05, 0) is 56.2 Å². The fraction of sp³-hybridized carbons (Fsp3) is 0.679. The van der Waals surface area contributed by atoms with E-state index in [0.717, 1.165) is 31.2 Å². The molecule has 1 aromatic carbocycles. The molecule has 202 valence electrons. The number of amides is 2. The number of nitrogens with zero attached hydrogens (tertiary/aromatic N) is 2. The fourth-order valence-electron chi connectivity index (χ4n) is 5.93. The molecular weight excluding hydrogens is 513 g/mol. The number of hydrogen-bond donors (Lipinski definition) is 1. The molecular formula is C28H37Cl2N3O4. The van der Waals surface area contributed by atoms with Crippen LogP contribution in [-0.2, 0) is 14.3 Å². The van der Waals surface area contributed by atoms with Crippen molar-refractivity contribution in [3.8, 4) is 0 Å². The van der Waals surface area contributed by atoms with Gasteiger partial charge in [-0.3, -0.25) is 14.5 Å². The van der Waals surface area contributed by atoms with Crippen molar-refractivity contribution < 1.29 is 19.1 Å². The van der Waals surface area contributed by atoms with Crippen molar-refractivity contribution >= 4 is 41.0 Å². The Labute approximate surface area is 229 Å². The number of carbonyl (C=O) groups is 3. The third kappa shape index (κ3) is 4.99. The molecule has 5 rings (SSSR count). The van der Waals surface area contributed by atoms with Crippen LogP contribution in [0.1, 0.15) is 63.9 Å². The summed E-state index contributed by atoms with van der Waals surface area (Å²) in [5, 5.41) is 4.24. The first-order valence-corrected chi connectivity index (χ1v) is 14.1. The van der Waals surface area contributed by atoms with E-state index in [2.05, 4.69) is 12.2 Å². The van der Waals surface area contributed by atoms with Gasteiger partial charge in [0.25, 0.3) is 0 Å². The van der Waals surface area contributed by atoms with Crippen molar-refractivity contribution in [2.24, 2.45) is 16.7 Å². The molecule has 2 amide bonds. The Bertz CT molecular complexity index is 1090. The smallest absolute Gasteiger partial charge is 0.410 e. The van der Waals surface area contributed by atoms with Crippen LogP contribution in [0.5, 0.6) is 0 Å². The first-order chi connectivity index (χ1) is 17.5. The Hall–Kier alpha value is -1.83. The van der Waals surface area contributed by atoms with Gasteiger partial charge in [0.15, 0.2) is 5.78 Å². The predicted octanol–water partition coefficient (Wildman–Crippen LogP) is 4.90. The van der Waals surface area contributed by atoms with Gasteiger partial charge in [0.05, 0.1) is 16.7 Å². The van der Waals surface area contributed by atoms with E-state index in [1.165, 1.54) is 4.90 Å². The number of piperidine rings is 1. The summed E-state index contributed by atoms with van der Waals surface area (Å²) in [6, 6.07) is 5.42. The number of likely N-dealkylation sites (tertiary alicyclic amines) is 1. The molecule has 37 heavy (non-hydrogen) atoms. The van der Waals surface area contributed by atoms with Crippen LogP contribution in [0, 0.1) is 16.7 Å². The van der Waals surface area contributed by atoms with Crippen molar-refractivity contribution in [3.05, 3.63) is 33.8 Å². The molecule has 2 saturated carbocycles.